The van der Waals surface area contributed by atoms with Gasteiger partial charge in [0.05, 0.1) is 0 Å². The number of rotatable bonds is 1. The summed E-state index contributed by atoms with van der Waals surface area (Å²) < 4.78 is 0. The number of benzene rings is 2. The lowest BCUT2D eigenvalue weighted by atomic mass is 9.83. The lowest BCUT2D eigenvalue weighted by Gasteiger charge is -2.20. The molecule has 0 aromatic heterocycles. The largest absolute Gasteiger partial charge is 0.340 e. The summed E-state index contributed by atoms with van der Waals surface area (Å²) in [7, 11) is 0. The van der Waals surface area contributed by atoms with Crippen LogP contribution in [-0.2, 0) is 5.97 Å². The average Bonchev–Trinajstić information content (AvgIpc) is 2.43. The molecule has 0 fully saturated rings. The molecule has 3 N–H and O–H groups in total. The Kier molecular flexibility index (Phi) is 2.58. The molecule has 20 heavy (non-hydrogen) atoms. The van der Waals surface area contributed by atoms with Crippen LogP contribution < -0.4 is 0 Å². The van der Waals surface area contributed by atoms with Crippen molar-refractivity contribution in [2.24, 2.45) is 0 Å². The monoisotopic (exact) mass is 270 g/mol. The lowest BCUT2D eigenvalue weighted by Crippen LogP contribution is -2.26. The van der Waals surface area contributed by atoms with Crippen LogP contribution in [0.1, 0.15) is 37.4 Å². The zero-order valence-corrected chi connectivity index (χ0v) is 10.2. The molecule has 5 nitrogen and oxygen atoms in total. The van der Waals surface area contributed by atoms with Crippen LogP contribution in [0.15, 0.2) is 42.5 Å². The van der Waals surface area contributed by atoms with Crippen molar-refractivity contribution in [3.8, 4) is 0 Å². The Morgan fingerprint density at radius 2 is 1.20 bits per heavy atom. The molecule has 0 atom stereocenters. The van der Waals surface area contributed by atoms with Crippen molar-refractivity contribution in [2.75, 3.05) is 0 Å². The summed E-state index contributed by atoms with van der Waals surface area (Å²) >= 11 is 0. The third-order valence-corrected chi connectivity index (χ3v) is 3.31. The number of hydrogen-bond acceptors (Lipinski definition) is 5. The molecule has 0 amide bonds. The summed E-state index contributed by atoms with van der Waals surface area (Å²) in [6, 6.07) is 10.0. The molecule has 0 heterocycles. The first-order valence-corrected chi connectivity index (χ1v) is 5.89. The fraction of sp³-hybridized carbons (Fsp3) is 0.0667. The second kappa shape index (κ2) is 4.08. The van der Waals surface area contributed by atoms with E-state index in [2.05, 4.69) is 0 Å². The smallest absolute Gasteiger partial charge is 0.304 e. The minimum atomic E-state index is -3.05. The van der Waals surface area contributed by atoms with E-state index >= 15 is 0 Å². The molecule has 2 aromatic carbocycles. The van der Waals surface area contributed by atoms with Crippen molar-refractivity contribution < 1.29 is 24.9 Å². The second-order valence-corrected chi connectivity index (χ2v) is 4.60. The van der Waals surface area contributed by atoms with Gasteiger partial charge in [0.15, 0.2) is 11.6 Å². The summed E-state index contributed by atoms with van der Waals surface area (Å²) in [5, 5.41) is 27.5. The van der Waals surface area contributed by atoms with Crippen LogP contribution in [0.3, 0.4) is 0 Å². The molecule has 0 unspecified atom stereocenters. The predicted octanol–water partition coefficient (Wildman–Crippen LogP) is 0.549. The maximum Gasteiger partial charge on any atom is 0.304 e. The summed E-state index contributed by atoms with van der Waals surface area (Å²) in [6.45, 7) is 0. The van der Waals surface area contributed by atoms with Gasteiger partial charge in [-0.15, -0.1) is 0 Å². The Hall–Kier alpha value is -2.34. The highest BCUT2D eigenvalue weighted by molar-refractivity contribution is 6.28. The Morgan fingerprint density at radius 1 is 0.700 bits per heavy atom. The Bertz CT molecular complexity index is 740. The van der Waals surface area contributed by atoms with Crippen LogP contribution in [0, 0.1) is 0 Å². The highest BCUT2D eigenvalue weighted by Gasteiger charge is 2.32. The Morgan fingerprint density at radius 3 is 1.75 bits per heavy atom. The van der Waals surface area contributed by atoms with Crippen molar-refractivity contribution in [2.45, 2.75) is 5.97 Å². The van der Waals surface area contributed by atoms with E-state index in [-0.39, 0.29) is 33.8 Å². The van der Waals surface area contributed by atoms with Crippen molar-refractivity contribution in [1.29, 1.82) is 0 Å². The molecule has 5 heteroatoms. The van der Waals surface area contributed by atoms with E-state index in [0.29, 0.717) is 5.56 Å². The first kappa shape index (κ1) is 12.7. The van der Waals surface area contributed by atoms with Crippen LogP contribution in [0.4, 0.5) is 0 Å². The maximum atomic E-state index is 12.3. The van der Waals surface area contributed by atoms with Gasteiger partial charge in [-0.2, -0.15) is 0 Å². The van der Waals surface area contributed by atoms with Gasteiger partial charge >= 0.3 is 5.97 Å². The van der Waals surface area contributed by atoms with Gasteiger partial charge in [-0.1, -0.05) is 30.3 Å². The second-order valence-electron chi connectivity index (χ2n) is 4.60. The van der Waals surface area contributed by atoms with Gasteiger partial charge in [0, 0.05) is 27.8 Å². The van der Waals surface area contributed by atoms with Crippen molar-refractivity contribution >= 4 is 11.6 Å². The Balaban J connectivity index is 2.24. The molecule has 0 bridgehead atoms. The molecule has 0 saturated heterocycles. The topological polar surface area (TPSA) is 94.8 Å². The fourth-order valence-corrected chi connectivity index (χ4v) is 2.31. The molecule has 2 aromatic rings. The van der Waals surface area contributed by atoms with Crippen molar-refractivity contribution in [1.82, 2.24) is 0 Å². The minimum Gasteiger partial charge on any atom is -0.340 e. The van der Waals surface area contributed by atoms with Gasteiger partial charge in [0.25, 0.3) is 0 Å². The molecule has 0 saturated carbocycles. The molecule has 1 aliphatic carbocycles. The van der Waals surface area contributed by atoms with E-state index in [0.717, 1.165) is 6.07 Å². The van der Waals surface area contributed by atoms with Gasteiger partial charge in [0.1, 0.15) is 0 Å². The van der Waals surface area contributed by atoms with Gasteiger partial charge in [-0.05, 0) is 12.1 Å². The van der Waals surface area contributed by atoms with Crippen molar-refractivity contribution in [3.63, 3.8) is 0 Å². The standard InChI is InChI=1S/C15H10O5/c16-13-9-3-1-2-4-10(9)14(17)12-7-8(15(18,19)20)5-6-11(12)13/h1-7,18-20H. The maximum absolute atomic E-state index is 12.3. The summed E-state index contributed by atoms with van der Waals surface area (Å²) in [5.41, 5.74) is 0.550. The number of fused-ring (bicyclic) bond motifs is 2. The molecule has 1 aliphatic rings. The average molecular weight is 270 g/mol. The normalized spacial score (nSPS) is 13.9. The molecule has 0 radical (unpaired) electrons. The van der Waals surface area contributed by atoms with E-state index in [1.54, 1.807) is 18.2 Å². The Labute approximate surface area is 113 Å². The van der Waals surface area contributed by atoms with E-state index in [9.17, 15) is 9.59 Å². The van der Waals surface area contributed by atoms with Crippen LogP contribution in [0.25, 0.3) is 0 Å². The zero-order valence-electron chi connectivity index (χ0n) is 10.2. The highest BCUT2D eigenvalue weighted by atomic mass is 16.7. The van der Waals surface area contributed by atoms with Crippen molar-refractivity contribution in [3.05, 3.63) is 70.3 Å². The summed E-state index contributed by atoms with van der Waals surface area (Å²) in [6.07, 6.45) is 0. The van der Waals surface area contributed by atoms with E-state index in [1.807, 2.05) is 0 Å². The zero-order chi connectivity index (χ0) is 14.5. The van der Waals surface area contributed by atoms with Gasteiger partial charge in [-0.3, -0.25) is 9.59 Å². The summed E-state index contributed by atoms with van der Waals surface area (Å²) in [5.74, 6) is -3.74. The SMILES string of the molecule is O=C1c2ccccc2C(=O)c2cc(C(O)(O)O)ccc21. The highest BCUT2D eigenvalue weighted by Crippen LogP contribution is 2.29. The number of carbonyl (C=O) groups excluding carboxylic acids is 2. The van der Waals surface area contributed by atoms with Gasteiger partial charge < -0.3 is 15.3 Å². The lowest BCUT2D eigenvalue weighted by molar-refractivity contribution is -0.323. The molecule has 0 aliphatic heterocycles. The summed E-state index contributed by atoms with van der Waals surface area (Å²) in [4.78, 5) is 24.6. The quantitative estimate of drug-likeness (QED) is 0.561. The number of carbonyl (C=O) groups is 2. The van der Waals surface area contributed by atoms with Gasteiger partial charge in [-0.25, -0.2) is 0 Å². The molecule has 3 rings (SSSR count). The van der Waals surface area contributed by atoms with E-state index in [4.69, 9.17) is 15.3 Å². The number of ketones is 2. The molecule has 0 spiro atoms. The molecular weight excluding hydrogens is 260 g/mol. The van der Waals surface area contributed by atoms with Gasteiger partial charge in [0.2, 0.25) is 0 Å². The van der Waals surface area contributed by atoms with Crippen LogP contribution >= 0.6 is 0 Å². The fourth-order valence-electron chi connectivity index (χ4n) is 2.31. The first-order valence-electron chi connectivity index (χ1n) is 5.89. The molecular formula is C15H10O5. The first-order chi connectivity index (χ1) is 9.39. The molecule has 100 valence electrons. The number of hydrogen-bond donors (Lipinski definition) is 3. The van der Waals surface area contributed by atoms with E-state index < -0.39 is 5.97 Å². The predicted molar refractivity (Wildman–Crippen MR) is 68.1 cm³/mol. The number of aliphatic hydroxyl groups is 3. The van der Waals surface area contributed by atoms with Crippen LogP contribution in [0.5, 0.6) is 0 Å². The minimum absolute atomic E-state index is 0.0488. The third kappa shape index (κ3) is 1.77. The van der Waals surface area contributed by atoms with E-state index in [1.165, 1.54) is 18.2 Å². The van der Waals surface area contributed by atoms with Crippen LogP contribution in [0.2, 0.25) is 0 Å². The third-order valence-electron chi connectivity index (χ3n) is 3.31. The van der Waals surface area contributed by atoms with Crippen LogP contribution in [-0.4, -0.2) is 26.9 Å².